The van der Waals surface area contributed by atoms with Crippen molar-refractivity contribution in [1.82, 2.24) is 4.90 Å². The summed E-state index contributed by atoms with van der Waals surface area (Å²) in [7, 11) is 0. The number of hydrogen-bond acceptors (Lipinski definition) is 3. The largest absolute Gasteiger partial charge is 0.341 e. The lowest BCUT2D eigenvalue weighted by molar-refractivity contribution is -0.117. The molecule has 3 nitrogen and oxygen atoms in total. The number of aliphatic imine (C=N–C) groups is 1. The van der Waals surface area contributed by atoms with Gasteiger partial charge in [-0.25, -0.2) is 0 Å². The molecule has 3 aliphatic heterocycles. The van der Waals surface area contributed by atoms with Crippen LogP contribution in [0.1, 0.15) is 58.3 Å². The molecule has 0 aromatic carbocycles. The summed E-state index contributed by atoms with van der Waals surface area (Å²) in [6.07, 6.45) is 20.6. The van der Waals surface area contributed by atoms with E-state index in [9.17, 15) is 4.79 Å². The molecule has 0 amide bonds. The molecular weight excluding hydrogens is 332 g/mol. The number of dihydropyridines is 1. The minimum atomic E-state index is 0.330. The van der Waals surface area contributed by atoms with Gasteiger partial charge in [0.05, 0.1) is 6.04 Å². The summed E-state index contributed by atoms with van der Waals surface area (Å²) in [4.78, 5) is 18.8. The second-order valence-corrected chi connectivity index (χ2v) is 8.87. The predicted octanol–water partition coefficient (Wildman–Crippen LogP) is 4.97. The summed E-state index contributed by atoms with van der Waals surface area (Å²) < 4.78 is 0. The number of allylic oxidation sites excluding steroid dienone is 5. The lowest BCUT2D eigenvalue weighted by Crippen LogP contribution is -2.34. The second kappa shape index (κ2) is 6.92. The Labute approximate surface area is 162 Å². The van der Waals surface area contributed by atoms with Crippen LogP contribution < -0.4 is 0 Å². The summed E-state index contributed by atoms with van der Waals surface area (Å²) in [5.41, 5.74) is 6.38. The van der Waals surface area contributed by atoms with Gasteiger partial charge in [-0.1, -0.05) is 18.2 Å². The fourth-order valence-electron chi connectivity index (χ4n) is 6.11. The SMILES string of the molecule is CC(=O)CCCC1CC[C@H]2C3=C1CC=C1C=CCCC1N3C1=CC=NC[C@@H]12. The van der Waals surface area contributed by atoms with Gasteiger partial charge in [0.1, 0.15) is 5.78 Å². The second-order valence-electron chi connectivity index (χ2n) is 8.87. The lowest BCUT2D eigenvalue weighted by Gasteiger charge is -2.37. The summed E-state index contributed by atoms with van der Waals surface area (Å²) in [5, 5.41) is 0. The molecule has 1 fully saturated rings. The number of Topliss-reactive ketones (excluding diaryl/α,β-unsaturated/α-hetero) is 1. The summed E-state index contributed by atoms with van der Waals surface area (Å²) >= 11 is 0. The van der Waals surface area contributed by atoms with Crippen LogP contribution in [0.4, 0.5) is 0 Å². The first-order chi connectivity index (χ1) is 13.2. The van der Waals surface area contributed by atoms with E-state index in [1.807, 2.05) is 6.21 Å². The van der Waals surface area contributed by atoms with Crippen LogP contribution >= 0.6 is 0 Å². The van der Waals surface area contributed by atoms with Gasteiger partial charge in [-0.2, -0.15) is 0 Å². The van der Waals surface area contributed by atoms with Crippen molar-refractivity contribution in [2.24, 2.45) is 22.7 Å². The smallest absolute Gasteiger partial charge is 0.129 e. The summed E-state index contributed by atoms with van der Waals surface area (Å²) in [6, 6.07) is 0.517. The number of carbonyl (C=O) groups is 1. The molecule has 0 N–H and O–H groups in total. The first-order valence-electron chi connectivity index (χ1n) is 10.8. The van der Waals surface area contributed by atoms with Crippen LogP contribution in [0, 0.1) is 17.8 Å². The maximum atomic E-state index is 11.4. The lowest BCUT2D eigenvalue weighted by atomic mass is 9.73. The topological polar surface area (TPSA) is 32.7 Å². The van der Waals surface area contributed by atoms with Gasteiger partial charge in [-0.05, 0) is 75.0 Å². The van der Waals surface area contributed by atoms with Gasteiger partial charge in [0.25, 0.3) is 0 Å². The van der Waals surface area contributed by atoms with Crippen molar-refractivity contribution < 1.29 is 4.79 Å². The first kappa shape index (κ1) is 17.2. The molecule has 5 aliphatic rings. The van der Waals surface area contributed by atoms with Crippen molar-refractivity contribution in [1.29, 1.82) is 0 Å². The zero-order valence-corrected chi connectivity index (χ0v) is 16.4. The highest BCUT2D eigenvalue weighted by Gasteiger charge is 2.49. The highest BCUT2D eigenvalue weighted by atomic mass is 16.1. The van der Waals surface area contributed by atoms with E-state index in [0.29, 0.717) is 29.6 Å². The van der Waals surface area contributed by atoms with E-state index in [0.717, 1.165) is 25.8 Å². The molecule has 0 bridgehead atoms. The number of nitrogens with zero attached hydrogens (tertiary/aromatic N) is 2. The normalized spacial score (nSPS) is 33.7. The van der Waals surface area contributed by atoms with E-state index >= 15 is 0 Å². The van der Waals surface area contributed by atoms with E-state index in [2.05, 4.69) is 34.2 Å². The fraction of sp³-hybridized carbons (Fsp3) is 0.583. The molecule has 1 saturated heterocycles. The third-order valence-corrected chi connectivity index (χ3v) is 7.31. The minimum Gasteiger partial charge on any atom is -0.341 e. The number of fused-ring (bicyclic) bond motifs is 5. The molecule has 3 heterocycles. The molecule has 3 heteroatoms. The maximum Gasteiger partial charge on any atom is 0.129 e. The van der Waals surface area contributed by atoms with Gasteiger partial charge in [-0.3, -0.25) is 4.99 Å². The zero-order chi connectivity index (χ0) is 18.4. The van der Waals surface area contributed by atoms with Crippen LogP contribution in [0.3, 0.4) is 0 Å². The van der Waals surface area contributed by atoms with Crippen LogP contribution in [0.5, 0.6) is 0 Å². The average Bonchev–Trinajstić information content (AvgIpc) is 2.90. The predicted molar refractivity (Wildman–Crippen MR) is 109 cm³/mol. The van der Waals surface area contributed by atoms with Crippen LogP contribution in [-0.2, 0) is 4.79 Å². The van der Waals surface area contributed by atoms with Crippen LogP contribution in [0.25, 0.3) is 0 Å². The molecule has 142 valence electrons. The van der Waals surface area contributed by atoms with E-state index in [-0.39, 0.29) is 0 Å². The summed E-state index contributed by atoms with van der Waals surface area (Å²) in [6.45, 7) is 2.68. The van der Waals surface area contributed by atoms with Gasteiger partial charge in [0.15, 0.2) is 0 Å². The molecule has 0 aromatic heterocycles. The Kier molecular flexibility index (Phi) is 4.41. The maximum absolute atomic E-state index is 11.4. The molecule has 0 saturated carbocycles. The fourth-order valence-corrected chi connectivity index (χ4v) is 6.11. The van der Waals surface area contributed by atoms with E-state index in [4.69, 9.17) is 0 Å². The molecule has 4 atom stereocenters. The van der Waals surface area contributed by atoms with E-state index in [1.54, 1.807) is 18.2 Å². The molecule has 0 aromatic rings. The summed E-state index contributed by atoms with van der Waals surface area (Å²) in [5.74, 6) is 2.23. The van der Waals surface area contributed by atoms with Crippen molar-refractivity contribution >= 4 is 12.0 Å². The minimum absolute atomic E-state index is 0.330. The van der Waals surface area contributed by atoms with Crippen molar-refractivity contribution in [2.75, 3.05) is 6.54 Å². The number of hydrogen-bond donors (Lipinski definition) is 0. The Bertz CT molecular complexity index is 797. The van der Waals surface area contributed by atoms with Crippen molar-refractivity contribution in [3.63, 3.8) is 0 Å². The molecular formula is C24H30N2O. The standard InChI is InChI=1S/C24H30N2O/c1-16(27)5-4-7-17-9-12-20-21-15-25-14-13-23(21)26-22-8-3-2-6-18(22)10-11-19(17)24(20)26/h2,6,10,13-14,17,20-22H,3-5,7-9,11-12,15H2,1H3/t17?,20-,21-,22?/m1/s1. The number of rotatable bonds is 4. The monoisotopic (exact) mass is 362 g/mol. The van der Waals surface area contributed by atoms with Gasteiger partial charge in [-0.15, -0.1) is 0 Å². The number of ketones is 1. The van der Waals surface area contributed by atoms with Crippen molar-refractivity contribution in [3.05, 3.63) is 46.8 Å². The Morgan fingerprint density at radius 3 is 3.07 bits per heavy atom. The zero-order valence-electron chi connectivity index (χ0n) is 16.4. The van der Waals surface area contributed by atoms with Crippen LogP contribution in [0.2, 0.25) is 0 Å². The van der Waals surface area contributed by atoms with Gasteiger partial charge >= 0.3 is 0 Å². The highest BCUT2D eigenvalue weighted by Crippen LogP contribution is 2.55. The van der Waals surface area contributed by atoms with E-state index in [1.165, 1.54) is 43.4 Å². The van der Waals surface area contributed by atoms with Gasteiger partial charge in [0.2, 0.25) is 0 Å². The Morgan fingerprint density at radius 2 is 2.19 bits per heavy atom. The molecule has 27 heavy (non-hydrogen) atoms. The molecule has 5 rings (SSSR count). The molecule has 2 unspecified atom stereocenters. The third-order valence-electron chi connectivity index (χ3n) is 7.31. The van der Waals surface area contributed by atoms with Crippen LogP contribution in [0.15, 0.2) is 51.8 Å². The van der Waals surface area contributed by atoms with Crippen molar-refractivity contribution in [2.45, 2.75) is 64.3 Å². The number of carbonyl (C=O) groups excluding carboxylic acids is 1. The van der Waals surface area contributed by atoms with Crippen molar-refractivity contribution in [3.8, 4) is 0 Å². The van der Waals surface area contributed by atoms with E-state index < -0.39 is 0 Å². The Hall–Kier alpha value is -1.90. The molecule has 2 aliphatic carbocycles. The van der Waals surface area contributed by atoms with Gasteiger partial charge in [0, 0.05) is 42.4 Å². The quantitative estimate of drug-likeness (QED) is 0.707. The van der Waals surface area contributed by atoms with Gasteiger partial charge < -0.3 is 9.69 Å². The third kappa shape index (κ3) is 2.86. The molecule has 0 radical (unpaired) electrons. The highest BCUT2D eigenvalue weighted by molar-refractivity contribution is 5.75. The molecule has 0 spiro atoms. The Balaban J connectivity index is 1.55. The average molecular weight is 363 g/mol. The Morgan fingerprint density at radius 1 is 1.26 bits per heavy atom. The van der Waals surface area contributed by atoms with Crippen LogP contribution in [-0.4, -0.2) is 29.5 Å². The first-order valence-corrected chi connectivity index (χ1v) is 10.8.